The molecule has 10 rings (SSSR count). The lowest BCUT2D eigenvalue weighted by Crippen LogP contribution is -2.00. The molecule has 0 atom stereocenters. The van der Waals surface area contributed by atoms with Crippen LogP contribution in [0.1, 0.15) is 0 Å². The summed E-state index contributed by atoms with van der Waals surface area (Å²) in [7, 11) is 0. The van der Waals surface area contributed by atoms with Crippen LogP contribution < -0.4 is 0 Å². The molecule has 10 aromatic rings. The number of nitrogens with zero attached hydrogens (tertiary/aromatic N) is 4. The summed E-state index contributed by atoms with van der Waals surface area (Å²) in [6.45, 7) is 0. The maximum absolute atomic E-state index is 6.42. The van der Waals surface area contributed by atoms with Gasteiger partial charge in [-0.3, -0.25) is 0 Å². The highest BCUT2D eigenvalue weighted by Crippen LogP contribution is 2.39. The van der Waals surface area contributed by atoms with Crippen molar-refractivity contribution in [3.8, 4) is 67.9 Å². The molecule has 3 aromatic heterocycles. The number of fused-ring (bicyclic) bond motifs is 4. The fraction of sp³-hybridized carbons (Fsp3) is 0. The molecule has 0 aliphatic carbocycles. The van der Waals surface area contributed by atoms with E-state index in [-0.39, 0.29) is 0 Å². The first kappa shape index (κ1) is 29.7. The van der Waals surface area contributed by atoms with Crippen LogP contribution in [0.25, 0.3) is 101 Å². The van der Waals surface area contributed by atoms with Crippen LogP contribution in [-0.2, 0) is 0 Å². The van der Waals surface area contributed by atoms with Crippen molar-refractivity contribution in [1.29, 1.82) is 0 Å². The van der Waals surface area contributed by atoms with Gasteiger partial charge in [-0.25, -0.2) is 19.9 Å². The van der Waals surface area contributed by atoms with Gasteiger partial charge in [0.05, 0.1) is 0 Å². The minimum absolute atomic E-state index is 0.577. The second kappa shape index (κ2) is 12.3. The third-order valence-corrected chi connectivity index (χ3v) is 9.39. The Kier molecular flexibility index (Phi) is 7.03. The molecule has 0 fully saturated rings. The smallest absolute Gasteiger partial charge is 0.227 e. The monoisotopic (exact) mass is 668 g/mol. The molecule has 52 heavy (non-hydrogen) atoms. The molecule has 0 saturated carbocycles. The number of hydrogen-bond donors (Lipinski definition) is 0. The van der Waals surface area contributed by atoms with Gasteiger partial charge in [0.15, 0.2) is 23.1 Å². The molecule has 0 bridgehead atoms. The molecule has 244 valence electrons. The lowest BCUT2D eigenvalue weighted by molar-refractivity contribution is 0.620. The van der Waals surface area contributed by atoms with E-state index in [0.717, 1.165) is 77.5 Å². The highest BCUT2D eigenvalue weighted by atomic mass is 16.3. The summed E-state index contributed by atoms with van der Waals surface area (Å²) in [4.78, 5) is 19.9. The van der Waals surface area contributed by atoms with Crippen molar-refractivity contribution in [2.45, 2.75) is 0 Å². The van der Waals surface area contributed by atoms with Crippen LogP contribution in [0, 0.1) is 0 Å². The van der Waals surface area contributed by atoms with Crippen molar-refractivity contribution >= 4 is 33.0 Å². The van der Waals surface area contributed by atoms with E-state index in [2.05, 4.69) is 66.7 Å². The SMILES string of the molecule is c1ccc(-c2ccc(-c3nc(-c4ccccc4)nc(-c4cccc5oc6ccc(-c7cccc(-c8nc9ccccc9o8)c7)cc6c45)n3)cc2)cc1. The zero-order valence-corrected chi connectivity index (χ0v) is 27.8. The van der Waals surface area contributed by atoms with Gasteiger partial charge in [0, 0.05) is 33.0 Å². The number of aromatic nitrogens is 4. The summed E-state index contributed by atoms with van der Waals surface area (Å²) < 4.78 is 12.5. The van der Waals surface area contributed by atoms with Crippen LogP contribution >= 0.6 is 0 Å². The first-order valence-electron chi connectivity index (χ1n) is 17.1. The summed E-state index contributed by atoms with van der Waals surface area (Å²) in [6, 6.07) is 57.2. The van der Waals surface area contributed by atoms with E-state index in [9.17, 15) is 0 Å². The Morgan fingerprint density at radius 3 is 1.67 bits per heavy atom. The molecular formula is C46H28N4O2. The Morgan fingerprint density at radius 2 is 0.885 bits per heavy atom. The van der Waals surface area contributed by atoms with Crippen LogP contribution in [0.5, 0.6) is 0 Å². The normalized spacial score (nSPS) is 11.5. The third kappa shape index (κ3) is 5.30. The molecule has 0 aliphatic rings. The Bertz CT molecular complexity index is 2860. The summed E-state index contributed by atoms with van der Waals surface area (Å²) in [6.07, 6.45) is 0. The zero-order valence-electron chi connectivity index (χ0n) is 27.8. The summed E-state index contributed by atoms with van der Waals surface area (Å²) >= 11 is 0. The van der Waals surface area contributed by atoms with Gasteiger partial charge >= 0.3 is 0 Å². The van der Waals surface area contributed by atoms with Gasteiger partial charge in [-0.05, 0) is 64.7 Å². The highest BCUT2D eigenvalue weighted by molar-refractivity contribution is 6.12. The fourth-order valence-electron chi connectivity index (χ4n) is 6.80. The van der Waals surface area contributed by atoms with Crippen LogP contribution in [-0.4, -0.2) is 19.9 Å². The third-order valence-electron chi connectivity index (χ3n) is 9.39. The predicted octanol–water partition coefficient (Wildman–Crippen LogP) is 11.9. The Hall–Kier alpha value is -7.18. The molecule has 3 heterocycles. The standard InChI is InChI=1S/C46H28N4O2/c1-3-11-29(12-4-1)30-21-23-32(24-22-30)44-48-43(31-13-5-2-6-14-31)49-45(50-44)36-17-10-20-41-42(36)37-28-34(25-26-39(37)51-41)33-15-9-16-35(27-33)46-47-38-18-7-8-19-40(38)52-46/h1-28H. The lowest BCUT2D eigenvalue weighted by atomic mass is 9.99. The van der Waals surface area contributed by atoms with Crippen molar-refractivity contribution in [2.24, 2.45) is 0 Å². The first-order chi connectivity index (χ1) is 25.7. The maximum Gasteiger partial charge on any atom is 0.227 e. The van der Waals surface area contributed by atoms with Crippen molar-refractivity contribution in [1.82, 2.24) is 19.9 Å². The summed E-state index contributed by atoms with van der Waals surface area (Å²) in [5.41, 5.74) is 11.1. The second-order valence-corrected chi connectivity index (χ2v) is 12.7. The number of rotatable bonds is 6. The average molecular weight is 669 g/mol. The van der Waals surface area contributed by atoms with Crippen LogP contribution in [0.4, 0.5) is 0 Å². The number of para-hydroxylation sites is 2. The van der Waals surface area contributed by atoms with Gasteiger partial charge < -0.3 is 8.83 Å². The zero-order chi connectivity index (χ0) is 34.4. The molecule has 0 amide bonds. The molecule has 0 aliphatic heterocycles. The van der Waals surface area contributed by atoms with Gasteiger partial charge in [-0.15, -0.1) is 0 Å². The van der Waals surface area contributed by atoms with E-state index < -0.39 is 0 Å². The Labute approximate surface area is 298 Å². The number of furan rings is 1. The summed E-state index contributed by atoms with van der Waals surface area (Å²) in [5.74, 6) is 2.38. The molecule has 6 nitrogen and oxygen atoms in total. The van der Waals surface area contributed by atoms with E-state index in [0.29, 0.717) is 23.4 Å². The molecule has 6 heteroatoms. The van der Waals surface area contributed by atoms with E-state index in [4.69, 9.17) is 28.8 Å². The first-order valence-corrected chi connectivity index (χ1v) is 17.1. The predicted molar refractivity (Wildman–Crippen MR) is 207 cm³/mol. The Morgan fingerprint density at radius 1 is 0.327 bits per heavy atom. The van der Waals surface area contributed by atoms with Crippen LogP contribution in [0.15, 0.2) is 179 Å². The molecule has 7 aromatic carbocycles. The van der Waals surface area contributed by atoms with E-state index in [1.165, 1.54) is 0 Å². The van der Waals surface area contributed by atoms with Crippen LogP contribution in [0.2, 0.25) is 0 Å². The Balaban J connectivity index is 1.10. The van der Waals surface area contributed by atoms with Gasteiger partial charge in [0.2, 0.25) is 5.89 Å². The van der Waals surface area contributed by atoms with E-state index >= 15 is 0 Å². The molecular weight excluding hydrogens is 641 g/mol. The van der Waals surface area contributed by atoms with E-state index in [1.807, 2.05) is 103 Å². The minimum atomic E-state index is 0.577. The van der Waals surface area contributed by atoms with E-state index in [1.54, 1.807) is 0 Å². The van der Waals surface area contributed by atoms with Crippen molar-refractivity contribution in [2.75, 3.05) is 0 Å². The fourth-order valence-corrected chi connectivity index (χ4v) is 6.80. The van der Waals surface area contributed by atoms with Gasteiger partial charge in [0.25, 0.3) is 0 Å². The largest absolute Gasteiger partial charge is 0.456 e. The molecule has 0 N–H and O–H groups in total. The van der Waals surface area contributed by atoms with Crippen molar-refractivity contribution in [3.63, 3.8) is 0 Å². The van der Waals surface area contributed by atoms with Gasteiger partial charge in [-0.2, -0.15) is 0 Å². The summed E-state index contributed by atoms with van der Waals surface area (Å²) in [5, 5.41) is 1.93. The number of benzene rings is 7. The molecule has 0 radical (unpaired) electrons. The molecule has 0 unspecified atom stereocenters. The van der Waals surface area contributed by atoms with Crippen molar-refractivity contribution in [3.05, 3.63) is 170 Å². The number of oxazole rings is 1. The molecule has 0 saturated heterocycles. The topological polar surface area (TPSA) is 77.8 Å². The highest BCUT2D eigenvalue weighted by Gasteiger charge is 2.19. The number of hydrogen-bond acceptors (Lipinski definition) is 6. The molecule has 0 spiro atoms. The van der Waals surface area contributed by atoms with Crippen molar-refractivity contribution < 1.29 is 8.83 Å². The van der Waals surface area contributed by atoms with Gasteiger partial charge in [0.1, 0.15) is 16.7 Å². The quantitative estimate of drug-likeness (QED) is 0.175. The van der Waals surface area contributed by atoms with Gasteiger partial charge in [-0.1, -0.05) is 127 Å². The lowest BCUT2D eigenvalue weighted by Gasteiger charge is -2.10. The second-order valence-electron chi connectivity index (χ2n) is 12.7. The average Bonchev–Trinajstić information content (AvgIpc) is 3.83. The minimum Gasteiger partial charge on any atom is -0.456 e. The maximum atomic E-state index is 6.42. The van der Waals surface area contributed by atoms with Crippen LogP contribution in [0.3, 0.4) is 0 Å².